The van der Waals surface area contributed by atoms with Crippen molar-refractivity contribution in [3.63, 3.8) is 0 Å². The summed E-state index contributed by atoms with van der Waals surface area (Å²) >= 11 is 0. The third kappa shape index (κ3) is 10.9. The first-order valence-electron chi connectivity index (χ1n) is 15.1. The number of benzene rings is 2. The molecular formula is C34H43N3O6. The molecule has 0 bridgehead atoms. The quantitative estimate of drug-likeness (QED) is 0.183. The van der Waals surface area contributed by atoms with Crippen LogP contribution in [0, 0.1) is 0 Å². The predicted molar refractivity (Wildman–Crippen MR) is 164 cm³/mol. The predicted octanol–water partition coefficient (Wildman–Crippen LogP) is 5.66. The number of pyridine rings is 1. The van der Waals surface area contributed by atoms with E-state index in [1.54, 1.807) is 0 Å². The maximum atomic E-state index is 12.4. The SMILES string of the molecule is CN(CCc1ccccn1)C[C@H]1C[C@@H](c2ccc(CO)cc2)O[C@@H](c2ccc(NC(=O)CCCCCCC(=O)O)cc2)O1. The van der Waals surface area contributed by atoms with Crippen LogP contribution in [0.3, 0.4) is 0 Å². The molecule has 0 unspecified atom stereocenters. The number of ether oxygens (including phenoxy) is 2. The van der Waals surface area contributed by atoms with Crippen LogP contribution in [0.1, 0.15) is 79.7 Å². The Balaban J connectivity index is 1.35. The molecule has 230 valence electrons. The number of carbonyl (C=O) groups excluding carboxylic acids is 1. The van der Waals surface area contributed by atoms with E-state index in [0.29, 0.717) is 24.9 Å². The number of unbranched alkanes of at least 4 members (excludes halogenated alkanes) is 3. The highest BCUT2D eigenvalue weighted by Gasteiger charge is 2.32. The lowest BCUT2D eigenvalue weighted by molar-refractivity contribution is -0.252. The van der Waals surface area contributed by atoms with Crippen molar-refractivity contribution in [1.82, 2.24) is 9.88 Å². The molecule has 3 N–H and O–H groups in total. The molecule has 1 saturated heterocycles. The molecule has 0 saturated carbocycles. The molecule has 0 aliphatic carbocycles. The Hall–Kier alpha value is -3.63. The molecule has 9 nitrogen and oxygen atoms in total. The van der Waals surface area contributed by atoms with Crippen LogP contribution in [-0.2, 0) is 32.1 Å². The Kier molecular flexibility index (Phi) is 12.7. The van der Waals surface area contributed by atoms with Crippen molar-refractivity contribution in [1.29, 1.82) is 0 Å². The fourth-order valence-electron chi connectivity index (χ4n) is 5.19. The highest BCUT2D eigenvalue weighted by atomic mass is 16.7. The summed E-state index contributed by atoms with van der Waals surface area (Å²) in [6.45, 7) is 1.59. The number of aliphatic carboxylic acids is 1. The maximum absolute atomic E-state index is 12.4. The van der Waals surface area contributed by atoms with Gasteiger partial charge in [-0.05, 0) is 55.3 Å². The number of nitrogens with zero attached hydrogens (tertiary/aromatic N) is 2. The monoisotopic (exact) mass is 589 g/mol. The summed E-state index contributed by atoms with van der Waals surface area (Å²) in [6, 6.07) is 21.4. The fourth-order valence-corrected chi connectivity index (χ4v) is 5.19. The first-order valence-corrected chi connectivity index (χ1v) is 15.1. The number of carbonyl (C=O) groups is 2. The molecular weight excluding hydrogens is 546 g/mol. The van der Waals surface area contributed by atoms with Crippen LogP contribution in [0.2, 0.25) is 0 Å². The Morgan fingerprint density at radius 2 is 1.65 bits per heavy atom. The van der Waals surface area contributed by atoms with E-state index in [2.05, 4.69) is 22.2 Å². The minimum absolute atomic E-state index is 0.00306. The normalized spacial score (nSPS) is 18.4. The fraction of sp³-hybridized carbons (Fsp3) is 0.441. The number of rotatable bonds is 16. The molecule has 0 spiro atoms. The number of hydrogen-bond acceptors (Lipinski definition) is 7. The van der Waals surface area contributed by atoms with Gasteiger partial charge < -0.3 is 29.9 Å². The molecule has 1 amide bonds. The van der Waals surface area contributed by atoms with Gasteiger partial charge in [0.2, 0.25) is 5.91 Å². The van der Waals surface area contributed by atoms with Crippen molar-refractivity contribution in [2.24, 2.45) is 0 Å². The van der Waals surface area contributed by atoms with Crippen molar-refractivity contribution in [3.8, 4) is 0 Å². The molecule has 9 heteroatoms. The van der Waals surface area contributed by atoms with Gasteiger partial charge in [-0.15, -0.1) is 0 Å². The standard InChI is InChI=1S/C34H43N3O6/c1-37(21-19-28-8-6-7-20-35-28)23-30-22-31(26-13-11-25(24-38)12-14-26)43-34(42-30)27-15-17-29(18-16-27)36-32(39)9-4-2-3-5-10-33(40)41/h6-8,11-18,20,30-31,34,38H,2-5,9-10,19,21-24H2,1H3,(H,36,39)(H,40,41)/t30-,31+,34+/m1/s1. The summed E-state index contributed by atoms with van der Waals surface area (Å²) in [5.74, 6) is -0.840. The molecule has 3 atom stereocenters. The van der Waals surface area contributed by atoms with Crippen LogP contribution < -0.4 is 5.32 Å². The van der Waals surface area contributed by atoms with Gasteiger partial charge in [-0.1, -0.05) is 55.3 Å². The zero-order valence-electron chi connectivity index (χ0n) is 24.9. The van der Waals surface area contributed by atoms with Gasteiger partial charge in [0.25, 0.3) is 0 Å². The van der Waals surface area contributed by atoms with Crippen molar-refractivity contribution < 1.29 is 29.3 Å². The first kappa shape index (κ1) is 32.3. The van der Waals surface area contributed by atoms with Gasteiger partial charge in [0.15, 0.2) is 6.29 Å². The number of aromatic nitrogens is 1. The third-order valence-electron chi connectivity index (χ3n) is 7.62. The lowest BCUT2D eigenvalue weighted by atomic mass is 9.99. The third-order valence-corrected chi connectivity index (χ3v) is 7.62. The molecule has 43 heavy (non-hydrogen) atoms. The molecule has 2 heterocycles. The van der Waals surface area contributed by atoms with Crippen molar-refractivity contribution in [2.45, 2.75) is 76.5 Å². The second kappa shape index (κ2) is 16.9. The van der Waals surface area contributed by atoms with Crippen LogP contribution in [0.4, 0.5) is 5.69 Å². The number of likely N-dealkylation sites (N-methyl/N-ethyl adjacent to an activating group) is 1. The van der Waals surface area contributed by atoms with E-state index in [9.17, 15) is 14.7 Å². The molecule has 1 fully saturated rings. The van der Waals surface area contributed by atoms with Crippen LogP contribution in [0.25, 0.3) is 0 Å². The highest BCUT2D eigenvalue weighted by Crippen LogP contribution is 2.38. The molecule has 3 aromatic rings. The summed E-state index contributed by atoms with van der Waals surface area (Å²) in [7, 11) is 2.09. The minimum atomic E-state index is -0.781. The van der Waals surface area contributed by atoms with E-state index in [1.165, 1.54) is 0 Å². The molecule has 4 rings (SSSR count). The maximum Gasteiger partial charge on any atom is 0.303 e. The number of carboxylic acids is 1. The van der Waals surface area contributed by atoms with Gasteiger partial charge in [0, 0.05) is 61.9 Å². The van der Waals surface area contributed by atoms with Gasteiger partial charge in [-0.2, -0.15) is 0 Å². The largest absolute Gasteiger partial charge is 0.481 e. The van der Waals surface area contributed by atoms with Gasteiger partial charge in [0.1, 0.15) is 0 Å². The molecule has 0 radical (unpaired) electrons. The topological polar surface area (TPSA) is 121 Å². The van der Waals surface area contributed by atoms with Crippen LogP contribution >= 0.6 is 0 Å². The first-order chi connectivity index (χ1) is 20.9. The molecule has 1 aliphatic heterocycles. The summed E-state index contributed by atoms with van der Waals surface area (Å²) in [5.41, 5.74) is 4.53. The van der Waals surface area contributed by atoms with E-state index < -0.39 is 12.3 Å². The number of carboxylic acid groups (broad SMARTS) is 1. The second-order valence-corrected chi connectivity index (χ2v) is 11.2. The van der Waals surface area contributed by atoms with Crippen molar-refractivity contribution in [2.75, 3.05) is 25.5 Å². The molecule has 1 aromatic heterocycles. The van der Waals surface area contributed by atoms with Crippen molar-refractivity contribution >= 4 is 17.6 Å². The van der Waals surface area contributed by atoms with Gasteiger partial charge in [0.05, 0.1) is 18.8 Å². The smallest absolute Gasteiger partial charge is 0.303 e. The minimum Gasteiger partial charge on any atom is -0.481 e. The number of aliphatic hydroxyl groups is 1. The number of nitrogens with one attached hydrogen (secondary N) is 1. The second-order valence-electron chi connectivity index (χ2n) is 11.2. The van der Waals surface area contributed by atoms with Crippen LogP contribution in [-0.4, -0.2) is 58.2 Å². The van der Waals surface area contributed by atoms with Gasteiger partial charge >= 0.3 is 5.97 Å². The van der Waals surface area contributed by atoms with Crippen molar-refractivity contribution in [3.05, 3.63) is 95.3 Å². The van der Waals surface area contributed by atoms with E-state index >= 15 is 0 Å². The summed E-state index contributed by atoms with van der Waals surface area (Å²) in [4.78, 5) is 29.7. The lowest BCUT2D eigenvalue weighted by Crippen LogP contribution is -2.38. The summed E-state index contributed by atoms with van der Waals surface area (Å²) in [5, 5.41) is 21.1. The Bertz CT molecular complexity index is 1270. The number of anilines is 1. The van der Waals surface area contributed by atoms with Crippen LogP contribution in [0.5, 0.6) is 0 Å². The van der Waals surface area contributed by atoms with Crippen LogP contribution in [0.15, 0.2) is 72.9 Å². The summed E-state index contributed by atoms with van der Waals surface area (Å²) < 4.78 is 12.9. The van der Waals surface area contributed by atoms with E-state index in [1.807, 2.05) is 72.9 Å². The van der Waals surface area contributed by atoms with Gasteiger partial charge in [-0.25, -0.2) is 0 Å². The summed E-state index contributed by atoms with van der Waals surface area (Å²) in [6.07, 6.45) is 6.15. The lowest BCUT2D eigenvalue weighted by Gasteiger charge is -2.38. The Morgan fingerprint density at radius 3 is 2.33 bits per heavy atom. The molecule has 1 aliphatic rings. The average Bonchev–Trinajstić information content (AvgIpc) is 3.02. The Labute approximate surface area is 253 Å². The zero-order valence-corrected chi connectivity index (χ0v) is 24.9. The molecule has 2 aromatic carbocycles. The van der Waals surface area contributed by atoms with E-state index in [-0.39, 0.29) is 31.1 Å². The van der Waals surface area contributed by atoms with E-state index in [0.717, 1.165) is 61.2 Å². The Morgan fingerprint density at radius 1 is 0.930 bits per heavy atom. The zero-order chi connectivity index (χ0) is 30.4. The van der Waals surface area contributed by atoms with E-state index in [4.69, 9.17) is 14.6 Å². The number of aliphatic hydroxyl groups excluding tert-OH is 1. The number of amides is 1. The average molecular weight is 590 g/mol. The van der Waals surface area contributed by atoms with Gasteiger partial charge in [-0.3, -0.25) is 14.6 Å². The number of hydrogen-bond donors (Lipinski definition) is 3. The highest BCUT2D eigenvalue weighted by molar-refractivity contribution is 5.90.